The summed E-state index contributed by atoms with van der Waals surface area (Å²) in [5, 5.41) is 35.2. The zero-order valence-corrected chi connectivity index (χ0v) is 11.4. The topological polar surface area (TPSA) is 80.9 Å². The highest BCUT2D eigenvalue weighted by Gasteiger charge is 2.31. The van der Waals surface area contributed by atoms with Crippen LogP contribution in [-0.4, -0.2) is 38.6 Å². The van der Waals surface area contributed by atoms with E-state index in [4.69, 9.17) is 20.3 Å². The maximum atomic E-state index is 12.3. The number of halogens is 2. The van der Waals surface area contributed by atoms with E-state index < -0.39 is 30.0 Å². The van der Waals surface area contributed by atoms with Crippen LogP contribution in [0.5, 0.6) is 0 Å². The summed E-state index contributed by atoms with van der Waals surface area (Å²) in [5.41, 5.74) is -2.21. The summed E-state index contributed by atoms with van der Waals surface area (Å²) in [6.07, 6.45) is 0. The Labute approximate surface area is 111 Å². The largest absolute Gasteiger partial charge is 0.488 e. The molecular formula is C12H19BF2O4. The quantitative estimate of drug-likeness (QED) is 0.581. The highest BCUT2D eigenvalue weighted by Crippen LogP contribution is 2.19. The van der Waals surface area contributed by atoms with Gasteiger partial charge in [-0.3, -0.25) is 0 Å². The molecule has 19 heavy (non-hydrogen) atoms. The van der Waals surface area contributed by atoms with E-state index in [0.29, 0.717) is 6.07 Å². The summed E-state index contributed by atoms with van der Waals surface area (Å²) in [6.45, 7) is 6.31. The van der Waals surface area contributed by atoms with Gasteiger partial charge in [0.1, 0.15) is 11.6 Å². The molecule has 0 radical (unpaired) electrons. The van der Waals surface area contributed by atoms with Crippen LogP contribution in [0.4, 0.5) is 8.78 Å². The van der Waals surface area contributed by atoms with Crippen molar-refractivity contribution in [2.24, 2.45) is 0 Å². The molecule has 0 aromatic heterocycles. The second kappa shape index (κ2) is 6.43. The van der Waals surface area contributed by atoms with Gasteiger partial charge < -0.3 is 20.3 Å². The molecule has 7 heteroatoms. The van der Waals surface area contributed by atoms with E-state index in [1.54, 1.807) is 27.7 Å². The molecule has 0 fully saturated rings. The molecule has 0 bridgehead atoms. The minimum atomic E-state index is -1.83. The fraction of sp³-hybridized carbons (Fsp3) is 0.500. The number of hydrogen-bond donors (Lipinski definition) is 4. The van der Waals surface area contributed by atoms with E-state index >= 15 is 0 Å². The highest BCUT2D eigenvalue weighted by atomic mass is 19.1. The van der Waals surface area contributed by atoms with Crippen LogP contribution in [0, 0.1) is 11.6 Å². The van der Waals surface area contributed by atoms with Gasteiger partial charge in [0.15, 0.2) is 0 Å². The number of rotatable bonds is 2. The summed E-state index contributed by atoms with van der Waals surface area (Å²) >= 11 is 0. The first-order valence-electron chi connectivity index (χ1n) is 5.61. The summed E-state index contributed by atoms with van der Waals surface area (Å²) in [5.74, 6) is -1.65. The van der Waals surface area contributed by atoms with Gasteiger partial charge in [-0.15, -0.1) is 0 Å². The second-order valence-corrected chi connectivity index (χ2v) is 5.19. The molecule has 0 spiro atoms. The molecule has 4 nitrogen and oxygen atoms in total. The average Bonchev–Trinajstić information content (AvgIpc) is 2.13. The zero-order valence-electron chi connectivity index (χ0n) is 11.4. The van der Waals surface area contributed by atoms with Gasteiger partial charge in [0.2, 0.25) is 0 Å². The summed E-state index contributed by atoms with van der Waals surface area (Å²) in [7, 11) is -1.83. The fourth-order valence-electron chi connectivity index (χ4n) is 0.724. The minimum absolute atomic E-state index is 0.192. The van der Waals surface area contributed by atoms with E-state index in [2.05, 4.69) is 0 Å². The molecule has 0 aliphatic heterocycles. The second-order valence-electron chi connectivity index (χ2n) is 5.19. The predicted octanol–water partition coefficient (Wildman–Crippen LogP) is 0.173. The predicted molar refractivity (Wildman–Crippen MR) is 68.8 cm³/mol. The Morgan fingerprint density at radius 1 is 0.842 bits per heavy atom. The molecule has 1 aromatic rings. The first-order valence-corrected chi connectivity index (χ1v) is 5.61. The molecule has 0 saturated heterocycles. The molecule has 4 N–H and O–H groups in total. The van der Waals surface area contributed by atoms with Crippen molar-refractivity contribution in [3.8, 4) is 0 Å². The maximum Gasteiger partial charge on any atom is 0.488 e. The van der Waals surface area contributed by atoms with Crippen LogP contribution >= 0.6 is 0 Å². The zero-order chi connectivity index (χ0) is 15.4. The van der Waals surface area contributed by atoms with Gasteiger partial charge in [-0.2, -0.15) is 0 Å². The maximum absolute atomic E-state index is 12.3. The van der Waals surface area contributed by atoms with Gasteiger partial charge in [-0.25, -0.2) is 8.78 Å². The van der Waals surface area contributed by atoms with Gasteiger partial charge in [-0.1, -0.05) is 0 Å². The van der Waals surface area contributed by atoms with Crippen LogP contribution in [0.15, 0.2) is 18.2 Å². The van der Waals surface area contributed by atoms with E-state index in [1.165, 1.54) is 0 Å². The number of aliphatic hydroxyl groups is 2. The average molecular weight is 276 g/mol. The summed E-state index contributed by atoms with van der Waals surface area (Å²) < 4.78 is 24.7. The standard InChI is InChI=1S/C6H5BF2O2.C6H14O2/c8-5-1-4(7(10)11)2-6(9)3-5;1-5(2,7)6(3,4)8/h1-3,10-11H;7-8H,1-4H3. The van der Waals surface area contributed by atoms with Crippen LogP contribution < -0.4 is 5.46 Å². The molecule has 0 saturated carbocycles. The van der Waals surface area contributed by atoms with Crippen molar-refractivity contribution >= 4 is 12.6 Å². The summed E-state index contributed by atoms with van der Waals surface area (Å²) in [4.78, 5) is 0. The van der Waals surface area contributed by atoms with Crippen molar-refractivity contribution in [2.45, 2.75) is 38.9 Å². The normalized spacial score (nSPS) is 11.7. The van der Waals surface area contributed by atoms with E-state index in [-0.39, 0.29) is 5.46 Å². The molecule has 0 amide bonds. The highest BCUT2D eigenvalue weighted by molar-refractivity contribution is 6.58. The van der Waals surface area contributed by atoms with Crippen molar-refractivity contribution < 1.29 is 29.0 Å². The minimum Gasteiger partial charge on any atom is -0.423 e. The van der Waals surface area contributed by atoms with Crippen LogP contribution in [0.25, 0.3) is 0 Å². The Hall–Kier alpha value is -1.02. The monoisotopic (exact) mass is 276 g/mol. The molecule has 0 heterocycles. The van der Waals surface area contributed by atoms with Gasteiger partial charge in [0, 0.05) is 6.07 Å². The van der Waals surface area contributed by atoms with Gasteiger partial charge in [0.25, 0.3) is 0 Å². The third-order valence-corrected chi connectivity index (χ3v) is 2.68. The Kier molecular flexibility index (Phi) is 6.08. The lowest BCUT2D eigenvalue weighted by Crippen LogP contribution is -2.44. The SMILES string of the molecule is CC(C)(O)C(C)(C)O.OB(O)c1cc(F)cc(F)c1. The first-order chi connectivity index (χ1) is 8.34. The molecule has 1 aromatic carbocycles. The van der Waals surface area contributed by atoms with Crippen LogP contribution in [0.2, 0.25) is 0 Å². The Morgan fingerprint density at radius 2 is 1.16 bits per heavy atom. The molecule has 0 unspecified atom stereocenters. The fourth-order valence-corrected chi connectivity index (χ4v) is 0.724. The molecule has 1 rings (SSSR count). The lowest BCUT2D eigenvalue weighted by Gasteiger charge is -2.31. The molecule has 0 aliphatic rings. The lowest BCUT2D eigenvalue weighted by atomic mass is 9.80. The molecule has 0 aliphatic carbocycles. The van der Waals surface area contributed by atoms with Crippen molar-refractivity contribution in [2.75, 3.05) is 0 Å². The van der Waals surface area contributed by atoms with Gasteiger partial charge >= 0.3 is 7.12 Å². The Morgan fingerprint density at radius 3 is 1.37 bits per heavy atom. The van der Waals surface area contributed by atoms with E-state index in [0.717, 1.165) is 12.1 Å². The smallest absolute Gasteiger partial charge is 0.423 e. The van der Waals surface area contributed by atoms with Gasteiger partial charge in [0.05, 0.1) is 11.2 Å². The lowest BCUT2D eigenvalue weighted by molar-refractivity contribution is -0.107. The third kappa shape index (κ3) is 6.63. The van der Waals surface area contributed by atoms with E-state index in [1.807, 2.05) is 0 Å². The van der Waals surface area contributed by atoms with Gasteiger partial charge in [-0.05, 0) is 45.3 Å². The van der Waals surface area contributed by atoms with Crippen molar-refractivity contribution in [1.29, 1.82) is 0 Å². The summed E-state index contributed by atoms with van der Waals surface area (Å²) in [6, 6.07) is 2.37. The number of benzene rings is 1. The third-order valence-electron chi connectivity index (χ3n) is 2.68. The van der Waals surface area contributed by atoms with E-state index in [9.17, 15) is 8.78 Å². The van der Waals surface area contributed by atoms with Crippen LogP contribution in [-0.2, 0) is 0 Å². The molecule has 108 valence electrons. The number of hydrogen-bond acceptors (Lipinski definition) is 4. The Bertz CT molecular complexity index is 379. The van der Waals surface area contributed by atoms with Crippen molar-refractivity contribution in [3.05, 3.63) is 29.8 Å². The molecule has 0 atom stereocenters. The Balaban J connectivity index is 0.000000362. The van der Waals surface area contributed by atoms with Crippen LogP contribution in [0.3, 0.4) is 0 Å². The first kappa shape index (κ1) is 18.0. The molecular weight excluding hydrogens is 257 g/mol. The van der Waals surface area contributed by atoms with Crippen molar-refractivity contribution in [3.63, 3.8) is 0 Å². The van der Waals surface area contributed by atoms with Crippen molar-refractivity contribution in [1.82, 2.24) is 0 Å². The van der Waals surface area contributed by atoms with Crippen LogP contribution in [0.1, 0.15) is 27.7 Å².